The number of hydrogen-bond donors (Lipinski definition) is 3. The molecule has 0 bridgehead atoms. The van der Waals surface area contributed by atoms with E-state index in [1.165, 1.54) is 11.1 Å². The van der Waals surface area contributed by atoms with Crippen LogP contribution >= 0.6 is 0 Å². The molecule has 1 aromatic heterocycles. The van der Waals surface area contributed by atoms with Crippen LogP contribution in [-0.2, 0) is 18.0 Å². The molecule has 0 radical (unpaired) electrons. The highest BCUT2D eigenvalue weighted by molar-refractivity contribution is 6.06. The van der Waals surface area contributed by atoms with Crippen LogP contribution in [0.15, 0.2) is 42.6 Å². The highest BCUT2D eigenvalue weighted by atomic mass is 19.4. The van der Waals surface area contributed by atoms with E-state index in [4.69, 9.17) is 16.3 Å². The number of ether oxygens (including phenoxy) is 1. The quantitative estimate of drug-likeness (QED) is 0.316. The van der Waals surface area contributed by atoms with Crippen molar-refractivity contribution in [2.75, 3.05) is 48.1 Å². The SMILES string of the molecule is Cc1ccc(C(=O)Nc2cc(C(F)(F)F)ccc2N2CCOCC2)cc1N(N)CC(N)c1cnn(C)c1C. The lowest BCUT2D eigenvalue weighted by atomic mass is 10.1. The number of carbonyl (C=O) groups is 1. The molecule has 4 rings (SSSR count). The maximum absolute atomic E-state index is 13.5. The van der Waals surface area contributed by atoms with Crippen LogP contribution in [0, 0.1) is 13.8 Å². The summed E-state index contributed by atoms with van der Waals surface area (Å²) in [5.41, 5.74) is 9.52. The number of alkyl halides is 3. The van der Waals surface area contributed by atoms with Gasteiger partial charge in [0.25, 0.3) is 5.91 Å². The third-order valence-corrected chi connectivity index (χ3v) is 6.77. The molecule has 1 aliphatic rings. The smallest absolute Gasteiger partial charge is 0.378 e. The third kappa shape index (κ3) is 5.93. The highest BCUT2D eigenvalue weighted by Gasteiger charge is 2.32. The number of halogens is 3. The van der Waals surface area contributed by atoms with Gasteiger partial charge < -0.3 is 25.7 Å². The lowest BCUT2D eigenvalue weighted by Crippen LogP contribution is -2.38. The van der Waals surface area contributed by atoms with Crippen LogP contribution < -0.4 is 26.8 Å². The average Bonchev–Trinajstić information content (AvgIpc) is 3.22. The Morgan fingerprint density at radius 1 is 1.18 bits per heavy atom. The Morgan fingerprint density at radius 2 is 1.89 bits per heavy atom. The van der Waals surface area contributed by atoms with Crippen molar-refractivity contribution in [1.82, 2.24) is 9.78 Å². The number of benzene rings is 2. The topological polar surface area (TPSA) is 115 Å². The van der Waals surface area contributed by atoms with Crippen molar-refractivity contribution < 1.29 is 22.7 Å². The first-order valence-corrected chi connectivity index (χ1v) is 12.2. The van der Waals surface area contributed by atoms with Crippen molar-refractivity contribution in [3.05, 3.63) is 70.5 Å². The van der Waals surface area contributed by atoms with E-state index in [1.807, 2.05) is 25.8 Å². The zero-order valence-electron chi connectivity index (χ0n) is 21.5. The van der Waals surface area contributed by atoms with Crippen molar-refractivity contribution in [2.24, 2.45) is 18.6 Å². The number of nitrogens with zero attached hydrogens (tertiary/aromatic N) is 4. The molecule has 0 saturated carbocycles. The number of nitrogens with one attached hydrogen (secondary N) is 1. The Bertz CT molecular complexity index is 1300. The molecule has 12 heteroatoms. The van der Waals surface area contributed by atoms with Gasteiger partial charge in [-0.15, -0.1) is 0 Å². The zero-order chi connectivity index (χ0) is 27.6. The summed E-state index contributed by atoms with van der Waals surface area (Å²) in [5, 5.41) is 8.37. The molecular weight excluding hydrogens is 499 g/mol. The molecule has 0 aliphatic carbocycles. The number of aryl methyl sites for hydroxylation is 2. The first-order chi connectivity index (χ1) is 18.0. The second-order valence-corrected chi connectivity index (χ2v) is 9.35. The van der Waals surface area contributed by atoms with Gasteiger partial charge >= 0.3 is 6.18 Å². The molecule has 1 fully saturated rings. The van der Waals surface area contributed by atoms with Gasteiger partial charge in [-0.1, -0.05) is 6.07 Å². The first kappa shape index (κ1) is 27.4. The Hall–Kier alpha value is -3.61. The van der Waals surface area contributed by atoms with Gasteiger partial charge in [0, 0.05) is 37.0 Å². The highest BCUT2D eigenvalue weighted by Crippen LogP contribution is 2.36. The first-order valence-electron chi connectivity index (χ1n) is 12.2. The van der Waals surface area contributed by atoms with Crippen LogP contribution in [0.1, 0.15) is 38.8 Å². The molecule has 1 aliphatic heterocycles. The Balaban J connectivity index is 1.58. The number of hydrogen-bond acceptors (Lipinski definition) is 7. The number of hydrazine groups is 1. The summed E-state index contributed by atoms with van der Waals surface area (Å²) >= 11 is 0. The predicted octanol–water partition coefficient (Wildman–Crippen LogP) is 3.52. The van der Waals surface area contributed by atoms with Crippen molar-refractivity contribution in [2.45, 2.75) is 26.1 Å². The maximum Gasteiger partial charge on any atom is 0.416 e. The molecule has 1 atom stereocenters. The summed E-state index contributed by atoms with van der Waals surface area (Å²) in [6.45, 7) is 5.92. The number of anilines is 3. The summed E-state index contributed by atoms with van der Waals surface area (Å²) in [6.07, 6.45) is -2.85. The molecule has 0 spiro atoms. The van der Waals surface area contributed by atoms with E-state index < -0.39 is 23.7 Å². The Morgan fingerprint density at radius 3 is 2.53 bits per heavy atom. The second-order valence-electron chi connectivity index (χ2n) is 9.35. The van der Waals surface area contributed by atoms with Crippen LogP contribution in [0.25, 0.3) is 0 Å². The minimum atomic E-state index is -4.55. The molecule has 1 unspecified atom stereocenters. The third-order valence-electron chi connectivity index (χ3n) is 6.77. The van der Waals surface area contributed by atoms with E-state index in [0.29, 0.717) is 37.7 Å². The van der Waals surface area contributed by atoms with Crippen molar-refractivity contribution in [3.8, 4) is 0 Å². The summed E-state index contributed by atoms with van der Waals surface area (Å²) < 4.78 is 47.5. The number of amides is 1. The van der Waals surface area contributed by atoms with Crippen LogP contribution in [0.3, 0.4) is 0 Å². The molecule has 2 heterocycles. The van der Waals surface area contributed by atoms with Crippen LogP contribution in [-0.4, -0.2) is 48.5 Å². The van der Waals surface area contributed by atoms with Gasteiger partial charge in [-0.25, -0.2) is 5.84 Å². The molecule has 204 valence electrons. The fourth-order valence-electron chi connectivity index (χ4n) is 4.44. The van der Waals surface area contributed by atoms with E-state index in [-0.39, 0.29) is 17.8 Å². The Labute approximate surface area is 219 Å². The van der Waals surface area contributed by atoms with Gasteiger partial charge in [0.2, 0.25) is 0 Å². The zero-order valence-corrected chi connectivity index (χ0v) is 21.5. The average molecular weight is 532 g/mol. The molecule has 38 heavy (non-hydrogen) atoms. The van der Waals surface area contributed by atoms with Gasteiger partial charge in [0.15, 0.2) is 0 Å². The number of carbonyl (C=O) groups excluding carboxylic acids is 1. The summed E-state index contributed by atoms with van der Waals surface area (Å²) in [4.78, 5) is 15.1. The van der Waals surface area contributed by atoms with Crippen molar-refractivity contribution >= 4 is 23.0 Å². The van der Waals surface area contributed by atoms with E-state index in [1.54, 1.807) is 29.1 Å². The lowest BCUT2D eigenvalue weighted by molar-refractivity contribution is -0.137. The molecule has 9 nitrogen and oxygen atoms in total. The number of nitrogens with two attached hydrogens (primary N) is 2. The fraction of sp³-hybridized carbons (Fsp3) is 0.385. The van der Waals surface area contributed by atoms with Gasteiger partial charge in [-0.05, 0) is 49.7 Å². The summed E-state index contributed by atoms with van der Waals surface area (Å²) in [6, 6.07) is 7.89. The fourth-order valence-corrected chi connectivity index (χ4v) is 4.44. The van der Waals surface area contributed by atoms with Crippen LogP contribution in [0.5, 0.6) is 0 Å². The van der Waals surface area contributed by atoms with Crippen LogP contribution in [0.2, 0.25) is 0 Å². The summed E-state index contributed by atoms with van der Waals surface area (Å²) in [7, 11) is 1.83. The van der Waals surface area contributed by atoms with E-state index in [9.17, 15) is 18.0 Å². The molecule has 1 amide bonds. The number of aromatic nitrogens is 2. The molecule has 2 aromatic carbocycles. The second kappa shape index (κ2) is 11.0. The summed E-state index contributed by atoms with van der Waals surface area (Å²) in [5.74, 6) is 5.80. The normalized spacial score (nSPS) is 14.9. The van der Waals surface area contributed by atoms with Crippen molar-refractivity contribution in [3.63, 3.8) is 0 Å². The van der Waals surface area contributed by atoms with Gasteiger partial charge in [0.1, 0.15) is 0 Å². The Kier molecular flexibility index (Phi) is 7.95. The largest absolute Gasteiger partial charge is 0.416 e. The molecular formula is C26H32F3N7O2. The van der Waals surface area contributed by atoms with Crippen molar-refractivity contribution in [1.29, 1.82) is 0 Å². The van der Waals surface area contributed by atoms with Gasteiger partial charge in [0.05, 0.1) is 54.6 Å². The molecule has 3 aromatic rings. The van der Waals surface area contributed by atoms with E-state index in [0.717, 1.165) is 29.0 Å². The minimum absolute atomic E-state index is 0.0764. The van der Waals surface area contributed by atoms with E-state index >= 15 is 0 Å². The minimum Gasteiger partial charge on any atom is -0.378 e. The molecule has 1 saturated heterocycles. The van der Waals surface area contributed by atoms with Crippen LogP contribution in [0.4, 0.5) is 30.2 Å². The predicted molar refractivity (Wildman–Crippen MR) is 140 cm³/mol. The maximum atomic E-state index is 13.5. The number of morpholine rings is 1. The monoisotopic (exact) mass is 531 g/mol. The van der Waals surface area contributed by atoms with Gasteiger partial charge in [-0.3, -0.25) is 9.48 Å². The van der Waals surface area contributed by atoms with Gasteiger partial charge in [-0.2, -0.15) is 18.3 Å². The van der Waals surface area contributed by atoms with E-state index in [2.05, 4.69) is 10.4 Å². The lowest BCUT2D eigenvalue weighted by Gasteiger charge is -2.31. The molecule has 5 N–H and O–H groups in total. The number of rotatable bonds is 7. The standard InChI is InChI=1S/C26H32F3N7O2/c1-16-4-5-18(12-24(16)36(31)15-21(30)20-14-32-34(3)17(20)2)25(37)33-22-13-19(26(27,28)29)6-7-23(22)35-8-10-38-11-9-35/h4-7,12-14,21H,8-11,15,30-31H2,1-3H3,(H,33,37).